The molecule has 0 saturated carbocycles. The van der Waals surface area contributed by atoms with Gasteiger partial charge in [-0.2, -0.15) is 0 Å². The van der Waals surface area contributed by atoms with Crippen molar-refractivity contribution in [2.45, 2.75) is 6.92 Å². The Morgan fingerprint density at radius 2 is 2.00 bits per heavy atom. The van der Waals surface area contributed by atoms with Gasteiger partial charge in [0.05, 0.1) is 4.92 Å². The zero-order valence-electron chi connectivity index (χ0n) is 14.8. The number of hydrogen-bond donors (Lipinski definition) is 0. The third-order valence-electron chi connectivity index (χ3n) is 3.82. The molecule has 0 N–H and O–H groups in total. The number of halogens is 1. The molecule has 28 heavy (non-hydrogen) atoms. The number of nitro groups is 1. The van der Waals surface area contributed by atoms with Crippen LogP contribution in [0.25, 0.3) is 16.6 Å². The standard InChI is InChI=1S/C19H15ClN4O3S/c1-2-23(17(25)11-6-13-4-3-5-16(12-13)24(26)27)19-22-21-18(28-19)14-7-9-15(20)10-8-14/h3-12H,2H2,1H3/b11-6+. The fraction of sp³-hybridized carbons (Fsp3) is 0.105. The number of non-ortho nitro benzene ring substituents is 1. The molecule has 3 rings (SSSR count). The van der Waals surface area contributed by atoms with Crippen LogP contribution in [0, 0.1) is 10.1 Å². The van der Waals surface area contributed by atoms with Crippen molar-refractivity contribution < 1.29 is 9.72 Å². The maximum atomic E-state index is 12.6. The second-order valence-corrected chi connectivity index (χ2v) is 7.06. The maximum absolute atomic E-state index is 12.6. The van der Waals surface area contributed by atoms with E-state index in [1.165, 1.54) is 34.4 Å². The maximum Gasteiger partial charge on any atom is 0.270 e. The van der Waals surface area contributed by atoms with Gasteiger partial charge in [0.2, 0.25) is 5.13 Å². The van der Waals surface area contributed by atoms with Gasteiger partial charge in [-0.3, -0.25) is 19.8 Å². The van der Waals surface area contributed by atoms with E-state index in [0.717, 1.165) is 5.56 Å². The number of rotatable bonds is 6. The molecule has 0 unspecified atom stereocenters. The molecule has 9 heteroatoms. The fourth-order valence-corrected chi connectivity index (χ4v) is 3.46. The zero-order chi connectivity index (χ0) is 20.1. The van der Waals surface area contributed by atoms with E-state index < -0.39 is 4.92 Å². The predicted molar refractivity (Wildman–Crippen MR) is 111 cm³/mol. The molecule has 7 nitrogen and oxygen atoms in total. The first-order valence-electron chi connectivity index (χ1n) is 8.31. The molecule has 3 aromatic rings. The number of likely N-dealkylation sites (N-methyl/N-ethyl adjacent to an activating group) is 1. The Hall–Kier alpha value is -3.10. The summed E-state index contributed by atoms with van der Waals surface area (Å²) in [5.74, 6) is -0.284. The number of nitrogens with zero attached hydrogens (tertiary/aromatic N) is 4. The van der Waals surface area contributed by atoms with Gasteiger partial charge in [0.15, 0.2) is 0 Å². The summed E-state index contributed by atoms with van der Waals surface area (Å²) in [5.41, 5.74) is 1.40. The Balaban J connectivity index is 1.78. The molecule has 0 atom stereocenters. The van der Waals surface area contributed by atoms with Crippen LogP contribution in [-0.4, -0.2) is 27.6 Å². The molecule has 1 heterocycles. The molecule has 0 bridgehead atoms. The number of benzene rings is 2. The van der Waals surface area contributed by atoms with Gasteiger partial charge in [-0.05, 0) is 30.7 Å². The Labute approximate surface area is 170 Å². The van der Waals surface area contributed by atoms with E-state index in [1.54, 1.807) is 30.3 Å². The lowest BCUT2D eigenvalue weighted by molar-refractivity contribution is -0.384. The minimum atomic E-state index is -0.475. The lowest BCUT2D eigenvalue weighted by Gasteiger charge is -2.14. The van der Waals surface area contributed by atoms with Gasteiger partial charge in [-0.25, -0.2) is 0 Å². The summed E-state index contributed by atoms with van der Waals surface area (Å²) in [6.07, 6.45) is 2.91. The quantitative estimate of drug-likeness (QED) is 0.327. The Kier molecular flexibility index (Phi) is 6.13. The average Bonchev–Trinajstić information content (AvgIpc) is 3.17. The van der Waals surface area contributed by atoms with Crippen molar-refractivity contribution in [1.29, 1.82) is 0 Å². The van der Waals surface area contributed by atoms with Gasteiger partial charge < -0.3 is 0 Å². The summed E-state index contributed by atoms with van der Waals surface area (Å²) in [6, 6.07) is 13.3. The summed E-state index contributed by atoms with van der Waals surface area (Å²) in [7, 11) is 0. The van der Waals surface area contributed by atoms with Crippen molar-refractivity contribution in [2.24, 2.45) is 0 Å². The second-order valence-electron chi connectivity index (χ2n) is 5.66. The summed E-state index contributed by atoms with van der Waals surface area (Å²) < 4.78 is 0. The van der Waals surface area contributed by atoms with Gasteiger partial charge in [-0.15, -0.1) is 10.2 Å². The molecule has 0 fully saturated rings. The van der Waals surface area contributed by atoms with Crippen LogP contribution >= 0.6 is 22.9 Å². The minimum absolute atomic E-state index is 0.0290. The van der Waals surface area contributed by atoms with E-state index in [4.69, 9.17) is 11.6 Å². The van der Waals surface area contributed by atoms with E-state index in [2.05, 4.69) is 10.2 Å². The molecule has 0 aliphatic heterocycles. The zero-order valence-corrected chi connectivity index (χ0v) is 16.4. The van der Waals surface area contributed by atoms with Crippen molar-refractivity contribution in [2.75, 3.05) is 11.4 Å². The highest BCUT2D eigenvalue weighted by molar-refractivity contribution is 7.18. The first-order chi connectivity index (χ1) is 13.5. The predicted octanol–water partition coefficient (Wildman–Crippen LogP) is 4.83. The molecule has 2 aromatic carbocycles. The number of amides is 1. The Morgan fingerprint density at radius 3 is 2.68 bits per heavy atom. The number of carbonyl (C=O) groups is 1. The highest BCUT2D eigenvalue weighted by Gasteiger charge is 2.17. The highest BCUT2D eigenvalue weighted by atomic mass is 35.5. The number of aromatic nitrogens is 2. The molecule has 0 spiro atoms. The van der Waals surface area contributed by atoms with E-state index in [9.17, 15) is 14.9 Å². The van der Waals surface area contributed by atoms with Crippen LogP contribution in [0.2, 0.25) is 5.02 Å². The molecule has 0 radical (unpaired) electrons. The van der Waals surface area contributed by atoms with Crippen LogP contribution in [0.3, 0.4) is 0 Å². The third-order valence-corrected chi connectivity index (χ3v) is 5.07. The summed E-state index contributed by atoms with van der Waals surface area (Å²) in [4.78, 5) is 24.5. The fourth-order valence-electron chi connectivity index (χ4n) is 2.42. The molecule has 0 aliphatic rings. The molecule has 1 aromatic heterocycles. The normalized spacial score (nSPS) is 10.9. The van der Waals surface area contributed by atoms with Crippen LogP contribution in [0.4, 0.5) is 10.8 Å². The van der Waals surface area contributed by atoms with Gasteiger partial charge in [0, 0.05) is 35.3 Å². The van der Waals surface area contributed by atoms with Crippen LogP contribution in [0.5, 0.6) is 0 Å². The monoisotopic (exact) mass is 414 g/mol. The van der Waals surface area contributed by atoms with E-state index in [0.29, 0.717) is 27.3 Å². The number of carbonyl (C=O) groups excluding carboxylic acids is 1. The van der Waals surface area contributed by atoms with Gasteiger partial charge >= 0.3 is 0 Å². The first kappa shape index (κ1) is 19.7. The third kappa shape index (κ3) is 4.59. The van der Waals surface area contributed by atoms with Crippen LogP contribution in [0.1, 0.15) is 12.5 Å². The van der Waals surface area contributed by atoms with E-state index in [-0.39, 0.29) is 11.6 Å². The smallest absolute Gasteiger partial charge is 0.270 e. The van der Waals surface area contributed by atoms with Crippen LogP contribution in [-0.2, 0) is 4.79 Å². The number of hydrogen-bond acceptors (Lipinski definition) is 6. The van der Waals surface area contributed by atoms with Crippen molar-refractivity contribution >= 4 is 45.7 Å². The minimum Gasteiger partial charge on any atom is -0.283 e. The lowest BCUT2D eigenvalue weighted by atomic mass is 10.2. The van der Waals surface area contributed by atoms with Crippen molar-refractivity contribution in [3.05, 3.63) is 75.3 Å². The topological polar surface area (TPSA) is 89.2 Å². The lowest BCUT2D eigenvalue weighted by Crippen LogP contribution is -2.28. The first-order valence-corrected chi connectivity index (χ1v) is 9.51. The molecule has 0 saturated heterocycles. The average molecular weight is 415 g/mol. The van der Waals surface area contributed by atoms with Crippen LogP contribution < -0.4 is 4.90 Å². The highest BCUT2D eigenvalue weighted by Crippen LogP contribution is 2.29. The Morgan fingerprint density at radius 1 is 1.25 bits per heavy atom. The molecular weight excluding hydrogens is 400 g/mol. The molecule has 1 amide bonds. The number of anilines is 1. The number of nitro benzene ring substituents is 1. The van der Waals surface area contributed by atoms with E-state index >= 15 is 0 Å². The van der Waals surface area contributed by atoms with Crippen molar-refractivity contribution in [1.82, 2.24) is 10.2 Å². The summed E-state index contributed by atoms with van der Waals surface area (Å²) in [5, 5.41) is 20.9. The summed E-state index contributed by atoms with van der Waals surface area (Å²) in [6.45, 7) is 2.25. The van der Waals surface area contributed by atoms with Crippen molar-refractivity contribution in [3.63, 3.8) is 0 Å². The Bertz CT molecular complexity index is 1030. The molecular formula is C19H15ClN4O3S. The second kappa shape index (κ2) is 8.73. The van der Waals surface area contributed by atoms with Gasteiger partial charge in [0.25, 0.3) is 11.6 Å². The summed E-state index contributed by atoms with van der Waals surface area (Å²) >= 11 is 7.20. The van der Waals surface area contributed by atoms with Crippen LogP contribution in [0.15, 0.2) is 54.6 Å². The van der Waals surface area contributed by atoms with Gasteiger partial charge in [-0.1, -0.05) is 47.2 Å². The van der Waals surface area contributed by atoms with E-state index in [1.807, 2.05) is 19.1 Å². The van der Waals surface area contributed by atoms with Crippen molar-refractivity contribution in [3.8, 4) is 10.6 Å². The van der Waals surface area contributed by atoms with Gasteiger partial charge in [0.1, 0.15) is 5.01 Å². The SMILES string of the molecule is CCN(C(=O)/C=C/c1cccc([N+](=O)[O-])c1)c1nnc(-c2ccc(Cl)cc2)s1. The largest absolute Gasteiger partial charge is 0.283 e. The molecule has 0 aliphatic carbocycles. The molecule has 142 valence electrons.